The SMILES string of the molecule is C.C.CC(C)(C)N1CCCCC1.CC(C)(C)N1CCOCC1.CC(C)(C)N1CCO[C@H](C(N)=O)C1.CC(C)(C)c1cccnc1.CC[C@@H]1CN(C(C)(C)C)CCO1.CN1CC[NH+](C)CC1.C[C@@H]1CN(C(C)(C)C)C[C@H](C)O1.Cc1ccc(C(C)(C)C)cc1.Cc1ccc(C(C)(C)C)cc1.Cc1ccc(C(C)(C)C)cc1N.Cc1cccc(C(C)(C)C)c1. The van der Waals surface area contributed by atoms with Crippen LogP contribution in [0.25, 0.3) is 0 Å². The van der Waals surface area contributed by atoms with Gasteiger partial charge in [0.1, 0.15) is 6.10 Å². The molecule has 0 unspecified atom stereocenters. The fraction of sp³-hybridized carbons (Fsp3) is 0.720. The summed E-state index contributed by atoms with van der Waals surface area (Å²) < 4.78 is 21.8. The van der Waals surface area contributed by atoms with Gasteiger partial charge in [-0.2, -0.15) is 0 Å². The van der Waals surface area contributed by atoms with Crippen molar-refractivity contribution in [3.63, 3.8) is 0 Å². The van der Waals surface area contributed by atoms with Crippen LogP contribution in [0.3, 0.4) is 0 Å². The van der Waals surface area contributed by atoms with E-state index < -0.39 is 6.10 Å². The molecule has 1 amide bonds. The van der Waals surface area contributed by atoms with Crippen molar-refractivity contribution in [3.8, 4) is 0 Å². The Hall–Kier alpha value is -5.14. The number of carbonyl (C=O) groups excluding carboxylic acids is 1. The number of primary amides is 1. The first-order valence-corrected chi connectivity index (χ1v) is 45.9. The number of benzene rings is 4. The zero-order chi connectivity index (χ0) is 92.2. The second-order valence-corrected chi connectivity index (χ2v) is 44.6. The number of likely N-dealkylation sites (N-methyl/N-ethyl adjacent to an activating group) is 2. The van der Waals surface area contributed by atoms with Gasteiger partial charge in [0.15, 0.2) is 0 Å². The lowest BCUT2D eigenvalue weighted by atomic mass is 9.86. The highest BCUT2D eigenvalue weighted by Crippen LogP contribution is 2.29. The highest BCUT2D eigenvalue weighted by molar-refractivity contribution is 5.79. The van der Waals surface area contributed by atoms with Crippen LogP contribution in [0.2, 0.25) is 0 Å². The lowest BCUT2D eigenvalue weighted by Gasteiger charge is -2.43. The molecule has 5 N–H and O–H groups in total. The average Bonchev–Trinajstić information content (AvgIpc) is 0.845. The van der Waals surface area contributed by atoms with E-state index in [2.05, 4.69) is 395 Å². The van der Waals surface area contributed by atoms with Gasteiger partial charge in [0.05, 0.1) is 64.9 Å². The zero-order valence-electron chi connectivity index (χ0n) is 85.2. The van der Waals surface area contributed by atoms with Gasteiger partial charge in [0.2, 0.25) is 5.91 Å². The first kappa shape index (κ1) is 119. The van der Waals surface area contributed by atoms with Crippen LogP contribution in [-0.4, -0.2) is 225 Å². The Morgan fingerprint density at radius 2 is 0.803 bits per heavy atom. The fourth-order valence-corrected chi connectivity index (χ4v) is 13.7. The molecule has 11 rings (SSSR count). The summed E-state index contributed by atoms with van der Waals surface area (Å²) in [5.41, 5.74) is 26.5. The molecule has 15 heteroatoms. The number of carbonyl (C=O) groups is 1. The number of hydrogen-bond acceptors (Lipinski definition) is 13. The highest BCUT2D eigenvalue weighted by Gasteiger charge is 2.33. The van der Waals surface area contributed by atoms with E-state index in [9.17, 15) is 4.79 Å². The minimum absolute atomic E-state index is 0. The molecule has 0 aliphatic carbocycles. The van der Waals surface area contributed by atoms with E-state index in [0.29, 0.717) is 48.1 Å². The monoisotopic (exact) mass is 1700 g/mol. The number of rotatable bonds is 2. The summed E-state index contributed by atoms with van der Waals surface area (Å²) in [4.78, 5) is 31.2. The number of anilines is 1. The van der Waals surface area contributed by atoms with Crippen LogP contribution in [0.15, 0.2) is 116 Å². The Morgan fingerprint density at radius 1 is 0.426 bits per heavy atom. The second-order valence-electron chi connectivity index (χ2n) is 44.6. The third kappa shape index (κ3) is 51.6. The smallest absolute Gasteiger partial charge is 0.247 e. The summed E-state index contributed by atoms with van der Waals surface area (Å²) in [7, 11) is 4.44. The van der Waals surface area contributed by atoms with Gasteiger partial charge in [0, 0.05) is 111 Å². The van der Waals surface area contributed by atoms with Crippen LogP contribution < -0.4 is 16.4 Å². The van der Waals surface area contributed by atoms with Crippen LogP contribution in [-0.2, 0) is 50.8 Å². The van der Waals surface area contributed by atoms with Gasteiger partial charge in [-0.15, -0.1) is 0 Å². The van der Waals surface area contributed by atoms with E-state index >= 15 is 0 Å². The number of piperazine rings is 1. The number of nitrogen functional groups attached to an aromatic ring is 1. The Labute approximate surface area is 755 Å². The van der Waals surface area contributed by atoms with Gasteiger partial charge in [-0.05, 0) is 257 Å². The molecule has 15 nitrogen and oxygen atoms in total. The van der Waals surface area contributed by atoms with Crippen LogP contribution in [0.4, 0.5) is 5.69 Å². The Bertz CT molecular complexity index is 3410. The molecular formula is C107H197N10O5+. The van der Waals surface area contributed by atoms with E-state index in [1.54, 1.807) is 11.1 Å². The molecule has 122 heavy (non-hydrogen) atoms. The van der Waals surface area contributed by atoms with Crippen LogP contribution in [0, 0.1) is 27.7 Å². The number of morpholine rings is 4. The average molecular weight is 1700 g/mol. The lowest BCUT2D eigenvalue weighted by Crippen LogP contribution is -3.11. The maximum absolute atomic E-state index is 10.9. The second kappa shape index (κ2) is 54.9. The maximum Gasteiger partial charge on any atom is 0.247 e. The molecule has 6 fully saturated rings. The van der Waals surface area contributed by atoms with Crippen molar-refractivity contribution < 1.29 is 28.6 Å². The van der Waals surface area contributed by atoms with Crippen molar-refractivity contribution in [3.05, 3.63) is 166 Å². The molecule has 0 spiro atoms. The Balaban J connectivity index is 0. The summed E-state index contributed by atoms with van der Waals surface area (Å²) in [5.74, 6) is -0.367. The van der Waals surface area contributed by atoms with E-state index in [-0.39, 0.29) is 58.9 Å². The number of piperidine rings is 1. The van der Waals surface area contributed by atoms with Gasteiger partial charge in [0.25, 0.3) is 0 Å². The highest BCUT2D eigenvalue weighted by atomic mass is 16.5. The summed E-state index contributed by atoms with van der Waals surface area (Å²) in [6, 6.07) is 36.5. The third-order valence-electron chi connectivity index (χ3n) is 22.7. The van der Waals surface area contributed by atoms with Gasteiger partial charge in [-0.25, -0.2) is 0 Å². The zero-order valence-corrected chi connectivity index (χ0v) is 85.2. The molecule has 1 aromatic heterocycles. The molecule has 7 heterocycles. The van der Waals surface area contributed by atoms with Crippen molar-refractivity contribution in [1.82, 2.24) is 34.4 Å². The largest absolute Gasteiger partial charge is 0.399 e. The molecule has 6 aliphatic heterocycles. The number of aryl methyl sites for hydroxylation is 4. The number of amides is 1. The van der Waals surface area contributed by atoms with E-state index in [1.807, 2.05) is 19.2 Å². The number of ether oxygens (including phenoxy) is 4. The van der Waals surface area contributed by atoms with Crippen molar-refractivity contribution >= 4 is 11.6 Å². The predicted octanol–water partition coefficient (Wildman–Crippen LogP) is 22.0. The molecule has 4 atom stereocenters. The predicted molar refractivity (Wildman–Crippen MR) is 535 cm³/mol. The maximum atomic E-state index is 10.9. The van der Waals surface area contributed by atoms with Gasteiger partial charge in [-0.3, -0.25) is 39.2 Å². The number of nitrogens with one attached hydrogen (secondary N) is 1. The van der Waals surface area contributed by atoms with Gasteiger partial charge >= 0.3 is 0 Å². The minimum atomic E-state index is -0.437. The number of nitrogens with two attached hydrogens (primary N) is 2. The lowest BCUT2D eigenvalue weighted by molar-refractivity contribution is -0.884. The fourth-order valence-electron chi connectivity index (χ4n) is 13.7. The first-order valence-electron chi connectivity index (χ1n) is 45.9. The molecule has 0 bridgehead atoms. The Kier molecular flexibility index (Phi) is 53.5. The number of quaternary nitrogens is 1. The van der Waals surface area contributed by atoms with Crippen LogP contribution in [0.5, 0.6) is 0 Å². The number of hydrogen-bond donors (Lipinski definition) is 3. The van der Waals surface area contributed by atoms with Crippen molar-refractivity contribution in [2.75, 3.05) is 138 Å². The summed E-state index contributed by atoms with van der Waals surface area (Å²) in [6.07, 6.45) is 9.87. The topological polar surface area (TPSA) is 143 Å². The molecule has 6 aliphatic rings. The number of pyridine rings is 1. The number of nitrogens with zero attached hydrogens (tertiary/aromatic N) is 7. The summed E-state index contributed by atoms with van der Waals surface area (Å²) >= 11 is 0. The molecule has 6 saturated heterocycles. The van der Waals surface area contributed by atoms with E-state index in [4.69, 9.17) is 30.4 Å². The van der Waals surface area contributed by atoms with Crippen LogP contribution >= 0.6 is 0 Å². The van der Waals surface area contributed by atoms with Gasteiger partial charge < -0.3 is 35.3 Å². The summed E-state index contributed by atoms with van der Waals surface area (Å²) in [5, 5.41) is 0. The van der Waals surface area contributed by atoms with E-state index in [0.717, 1.165) is 83.3 Å². The molecule has 5 aromatic rings. The summed E-state index contributed by atoms with van der Waals surface area (Å²) in [6.45, 7) is 101. The normalized spacial score (nSPS) is 19.5. The number of likely N-dealkylation sites (tertiary alicyclic amines) is 1. The molecule has 4 aromatic carbocycles. The third-order valence-corrected chi connectivity index (χ3v) is 22.7. The number of aromatic nitrogens is 1. The van der Waals surface area contributed by atoms with Crippen molar-refractivity contribution in [2.24, 2.45) is 5.73 Å². The Morgan fingerprint density at radius 3 is 1.13 bits per heavy atom. The molecule has 0 radical (unpaired) electrons. The molecule has 0 saturated carbocycles. The van der Waals surface area contributed by atoms with Crippen molar-refractivity contribution in [2.45, 2.75) is 376 Å². The standard InChI is InChI=1S/C11H17N.3C11H16.2C10H21NO.C9H18N2O2.C9H13N.C9H19N.C8H17NO.C6H14N2.2CH4/c1-8-5-6-9(7-10(8)12)11(2,3)4;2*1-9-5-7-10(8-6-9)11(2,3)4;1-9-6-5-7-10(8-9)11(2,3)4;1-8-6-11(10(3,4)5)7-9(2)12-8;1-5-9-8-11(6-7-12-9)10(2,3)4;1-9(2,3)11-4-5-13-7(6-11)8(10)12;1-9(2,3)8-5-4-6-10-7-8;1-9(2,3)10-7-5-4-6-8-10;1-8(2,3)9-4-6-10-7-5-9;1-7-3-5-8(2)6-4-7;;/h5-7H,12H2,1-4H3;3*5-8H,1-4H3;8-9H,6-7H2,1-5H3;9H,5-8H2,1-4H3;7H,4-6H2,1-3H3,(H2,10,12);4-7H,1-3H3;4-8H2,1-3H3;4-7H2,1-3H3;3-6H2,1-2H3;2*1H4/p+1/t;;;;8-,9+;9-;7-;;;;;;/m.....10....../s1. The van der Waals surface area contributed by atoms with Crippen LogP contribution in [0.1, 0.15) is 319 Å². The molecular weight excluding hydrogens is 1510 g/mol. The van der Waals surface area contributed by atoms with Gasteiger partial charge in [-0.1, -0.05) is 240 Å². The first-order chi connectivity index (χ1) is 54.8. The van der Waals surface area contributed by atoms with E-state index in [1.165, 1.54) is 103 Å². The minimum Gasteiger partial charge on any atom is -0.399 e. The molecule has 704 valence electrons. The van der Waals surface area contributed by atoms with Crippen molar-refractivity contribution in [1.29, 1.82) is 0 Å². The quantitative estimate of drug-likeness (QED) is 0.144.